The van der Waals surface area contributed by atoms with E-state index in [-0.39, 0.29) is 0 Å². The molecule has 0 saturated heterocycles. The van der Waals surface area contributed by atoms with Gasteiger partial charge in [0, 0.05) is 18.4 Å². The molecule has 120 valence electrons. The Bertz CT molecular complexity index is 881. The van der Waals surface area contributed by atoms with Gasteiger partial charge in [-0.25, -0.2) is 15.0 Å². The van der Waals surface area contributed by atoms with Gasteiger partial charge in [-0.05, 0) is 30.2 Å². The van der Waals surface area contributed by atoms with E-state index in [1.54, 1.807) is 18.3 Å². The van der Waals surface area contributed by atoms with Crippen molar-refractivity contribution in [3.8, 4) is 0 Å². The Morgan fingerprint density at radius 1 is 1.08 bits per heavy atom. The van der Waals surface area contributed by atoms with E-state index in [2.05, 4.69) is 37.3 Å². The summed E-state index contributed by atoms with van der Waals surface area (Å²) in [6.07, 6.45) is 4.05. The second-order valence-electron chi connectivity index (χ2n) is 5.48. The van der Waals surface area contributed by atoms with Crippen molar-refractivity contribution in [3.63, 3.8) is 0 Å². The van der Waals surface area contributed by atoms with Gasteiger partial charge in [-0.1, -0.05) is 29.8 Å². The number of aromatic nitrogens is 3. The van der Waals surface area contributed by atoms with Crippen molar-refractivity contribution in [2.45, 2.75) is 6.42 Å². The van der Waals surface area contributed by atoms with Gasteiger partial charge in [-0.15, -0.1) is 0 Å². The van der Waals surface area contributed by atoms with Gasteiger partial charge < -0.3 is 16.0 Å². The maximum atomic E-state index is 6.32. The first-order valence-corrected chi connectivity index (χ1v) is 7.94. The molecule has 0 fully saturated rings. The quantitative estimate of drug-likeness (QED) is 0.760. The summed E-state index contributed by atoms with van der Waals surface area (Å²) in [4.78, 5) is 14.9. The van der Waals surface area contributed by atoms with E-state index in [0.717, 1.165) is 18.7 Å². The normalized spacial score (nSPS) is 13.0. The van der Waals surface area contributed by atoms with E-state index in [0.29, 0.717) is 28.2 Å². The van der Waals surface area contributed by atoms with Crippen molar-refractivity contribution in [1.82, 2.24) is 15.0 Å². The highest BCUT2D eigenvalue weighted by molar-refractivity contribution is 6.30. The number of pyridine rings is 1. The third kappa shape index (κ3) is 2.61. The molecule has 3 heterocycles. The molecule has 4 rings (SSSR count). The summed E-state index contributed by atoms with van der Waals surface area (Å²) in [5.74, 6) is 1.85. The fourth-order valence-electron chi connectivity index (χ4n) is 2.83. The topological polar surface area (TPSA) is 80.0 Å². The molecular weight excluding hydrogens is 324 g/mol. The molecule has 0 amide bonds. The summed E-state index contributed by atoms with van der Waals surface area (Å²) in [6, 6.07) is 11.8. The number of fused-ring (bicyclic) bond motifs is 1. The number of hydrogen-bond donors (Lipinski definition) is 2. The van der Waals surface area contributed by atoms with Gasteiger partial charge >= 0.3 is 0 Å². The summed E-state index contributed by atoms with van der Waals surface area (Å²) in [5.41, 5.74) is 9.24. The van der Waals surface area contributed by atoms with Crippen molar-refractivity contribution in [2.75, 3.05) is 22.5 Å². The molecule has 0 spiro atoms. The number of nitrogens with two attached hydrogens (primary N) is 1. The average Bonchev–Trinajstić information content (AvgIpc) is 3.03. The molecule has 0 unspecified atom stereocenters. The predicted molar refractivity (Wildman–Crippen MR) is 96.1 cm³/mol. The molecule has 0 aliphatic carbocycles. The van der Waals surface area contributed by atoms with Crippen LogP contribution in [0.2, 0.25) is 5.02 Å². The average molecular weight is 339 g/mol. The SMILES string of the molecule is Nc1c(Nc2ccc(Cl)cn2)ncnc1N1CCc2ccccc21. The van der Waals surface area contributed by atoms with Gasteiger partial charge in [0.15, 0.2) is 11.6 Å². The van der Waals surface area contributed by atoms with Crippen molar-refractivity contribution >= 4 is 40.4 Å². The molecule has 2 aromatic heterocycles. The highest BCUT2D eigenvalue weighted by Gasteiger charge is 2.23. The van der Waals surface area contributed by atoms with Crippen LogP contribution in [0.4, 0.5) is 28.8 Å². The van der Waals surface area contributed by atoms with Crippen LogP contribution in [0.25, 0.3) is 0 Å². The molecular formula is C17H15ClN6. The van der Waals surface area contributed by atoms with Crippen LogP contribution >= 0.6 is 11.6 Å². The number of halogens is 1. The van der Waals surface area contributed by atoms with Crippen LogP contribution in [0.1, 0.15) is 5.56 Å². The molecule has 3 aromatic rings. The van der Waals surface area contributed by atoms with Crippen molar-refractivity contribution in [1.29, 1.82) is 0 Å². The van der Waals surface area contributed by atoms with Gasteiger partial charge in [-0.3, -0.25) is 0 Å². The van der Waals surface area contributed by atoms with Crippen LogP contribution in [0, 0.1) is 0 Å². The Hall–Kier alpha value is -2.86. The molecule has 0 saturated carbocycles. The van der Waals surface area contributed by atoms with Gasteiger partial charge in [0.1, 0.15) is 17.8 Å². The monoisotopic (exact) mass is 338 g/mol. The molecule has 1 aromatic carbocycles. The second-order valence-corrected chi connectivity index (χ2v) is 5.91. The number of nitrogen functional groups attached to an aromatic ring is 1. The van der Waals surface area contributed by atoms with E-state index in [4.69, 9.17) is 17.3 Å². The third-order valence-corrected chi connectivity index (χ3v) is 4.20. The predicted octanol–water partition coefficient (Wildman–Crippen LogP) is 3.55. The lowest BCUT2D eigenvalue weighted by atomic mass is 10.2. The fraction of sp³-hybridized carbons (Fsp3) is 0.118. The van der Waals surface area contributed by atoms with E-state index >= 15 is 0 Å². The number of para-hydroxylation sites is 1. The van der Waals surface area contributed by atoms with E-state index < -0.39 is 0 Å². The second kappa shape index (κ2) is 5.98. The van der Waals surface area contributed by atoms with Gasteiger partial charge in [-0.2, -0.15) is 0 Å². The molecule has 6 nitrogen and oxygen atoms in total. The number of hydrogen-bond acceptors (Lipinski definition) is 6. The van der Waals surface area contributed by atoms with Crippen molar-refractivity contribution in [2.24, 2.45) is 0 Å². The molecule has 1 aliphatic heterocycles. The molecule has 3 N–H and O–H groups in total. The van der Waals surface area contributed by atoms with Crippen molar-refractivity contribution < 1.29 is 0 Å². The highest BCUT2D eigenvalue weighted by atomic mass is 35.5. The first-order chi connectivity index (χ1) is 11.7. The maximum Gasteiger partial charge on any atom is 0.161 e. The fourth-order valence-corrected chi connectivity index (χ4v) is 2.94. The zero-order chi connectivity index (χ0) is 16.5. The lowest BCUT2D eigenvalue weighted by Crippen LogP contribution is -2.17. The van der Waals surface area contributed by atoms with Gasteiger partial charge in [0.05, 0.1) is 5.02 Å². The van der Waals surface area contributed by atoms with Gasteiger partial charge in [0.2, 0.25) is 0 Å². The largest absolute Gasteiger partial charge is 0.393 e. The zero-order valence-corrected chi connectivity index (χ0v) is 13.5. The Balaban J connectivity index is 1.68. The number of nitrogens with one attached hydrogen (secondary N) is 1. The molecule has 7 heteroatoms. The minimum absolute atomic E-state index is 0.492. The maximum absolute atomic E-state index is 6.32. The summed E-state index contributed by atoms with van der Waals surface area (Å²) in [6.45, 7) is 0.846. The van der Waals surface area contributed by atoms with Gasteiger partial charge in [0.25, 0.3) is 0 Å². The molecule has 0 radical (unpaired) electrons. The van der Waals surface area contributed by atoms with Crippen LogP contribution < -0.4 is 16.0 Å². The number of rotatable bonds is 3. The number of nitrogens with zero attached hydrogens (tertiary/aromatic N) is 4. The minimum Gasteiger partial charge on any atom is -0.393 e. The lowest BCUT2D eigenvalue weighted by molar-refractivity contribution is 0.967. The first kappa shape index (κ1) is 14.7. The van der Waals surface area contributed by atoms with E-state index in [1.807, 2.05) is 12.1 Å². The van der Waals surface area contributed by atoms with Crippen LogP contribution in [0.3, 0.4) is 0 Å². The minimum atomic E-state index is 0.492. The van der Waals surface area contributed by atoms with E-state index in [9.17, 15) is 0 Å². The van der Waals surface area contributed by atoms with Crippen LogP contribution in [0.5, 0.6) is 0 Å². The zero-order valence-electron chi connectivity index (χ0n) is 12.8. The standard InChI is InChI=1S/C17H15ClN6/c18-12-5-6-14(20-9-12)23-16-15(19)17(22-10-21-16)24-8-7-11-3-1-2-4-13(11)24/h1-6,9-10H,7-8,19H2,(H,20,21,22,23). The first-order valence-electron chi connectivity index (χ1n) is 7.57. The molecule has 1 aliphatic rings. The Morgan fingerprint density at radius 3 is 2.79 bits per heavy atom. The van der Waals surface area contributed by atoms with E-state index in [1.165, 1.54) is 11.9 Å². The summed E-state index contributed by atoms with van der Waals surface area (Å²) >= 11 is 5.86. The molecule has 0 atom stereocenters. The van der Waals surface area contributed by atoms with Crippen LogP contribution in [0.15, 0.2) is 48.9 Å². The molecule has 24 heavy (non-hydrogen) atoms. The Labute approximate surface area is 144 Å². The Kier molecular flexibility index (Phi) is 3.66. The Morgan fingerprint density at radius 2 is 1.96 bits per heavy atom. The lowest BCUT2D eigenvalue weighted by Gasteiger charge is -2.21. The number of benzene rings is 1. The summed E-state index contributed by atoms with van der Waals surface area (Å²) in [7, 11) is 0. The van der Waals surface area contributed by atoms with Crippen LogP contribution in [-0.2, 0) is 6.42 Å². The van der Waals surface area contributed by atoms with Crippen molar-refractivity contribution in [3.05, 3.63) is 59.5 Å². The summed E-state index contributed by atoms with van der Waals surface area (Å²) < 4.78 is 0. The third-order valence-electron chi connectivity index (χ3n) is 3.98. The smallest absolute Gasteiger partial charge is 0.161 e. The summed E-state index contributed by atoms with van der Waals surface area (Å²) in [5, 5.41) is 3.69. The van der Waals surface area contributed by atoms with Crippen LogP contribution in [-0.4, -0.2) is 21.5 Å². The highest BCUT2D eigenvalue weighted by Crippen LogP contribution is 2.37. The molecule has 0 bridgehead atoms. The number of anilines is 5.